The first-order valence-electron chi connectivity index (χ1n) is 9.37. The van der Waals surface area contributed by atoms with E-state index in [-0.39, 0.29) is 5.41 Å². The Labute approximate surface area is 170 Å². The minimum atomic E-state index is -0.520. The molecule has 6 nitrogen and oxygen atoms in total. The Morgan fingerprint density at radius 2 is 1.72 bits per heavy atom. The maximum Gasteiger partial charge on any atom is 0.365 e. The summed E-state index contributed by atoms with van der Waals surface area (Å²) < 4.78 is 7.54. The third-order valence-electron chi connectivity index (χ3n) is 4.48. The fraction of sp³-hybridized carbons (Fsp3) is 0.261. The van der Waals surface area contributed by atoms with Gasteiger partial charge in [-0.05, 0) is 42.2 Å². The average molecular weight is 391 g/mol. The molecule has 0 amide bonds. The topological polar surface area (TPSA) is 65.7 Å². The number of aryl methyl sites for hydroxylation is 2. The van der Waals surface area contributed by atoms with Crippen LogP contribution in [0.2, 0.25) is 0 Å². The van der Waals surface area contributed by atoms with Crippen LogP contribution < -0.4 is 4.74 Å². The van der Waals surface area contributed by atoms with E-state index >= 15 is 0 Å². The fourth-order valence-corrected chi connectivity index (χ4v) is 2.81. The minimum absolute atomic E-state index is 0.0214. The van der Waals surface area contributed by atoms with Crippen molar-refractivity contribution in [1.82, 2.24) is 9.78 Å². The van der Waals surface area contributed by atoms with Crippen molar-refractivity contribution in [1.29, 1.82) is 0 Å². The molecule has 0 radical (unpaired) electrons. The summed E-state index contributed by atoms with van der Waals surface area (Å²) in [5.41, 5.74) is 2.97. The SMILES string of the molecule is Cc1nn(C)c(Oc2ccccc2)c1/C=N/OC(=O)c1ccc(C(C)(C)C)cc1. The van der Waals surface area contributed by atoms with Crippen molar-refractivity contribution in [3.63, 3.8) is 0 Å². The normalized spacial score (nSPS) is 11.6. The van der Waals surface area contributed by atoms with Crippen LogP contribution in [-0.4, -0.2) is 22.0 Å². The molecule has 0 aliphatic rings. The number of ether oxygens (including phenoxy) is 1. The van der Waals surface area contributed by atoms with Crippen molar-refractivity contribution in [2.24, 2.45) is 12.2 Å². The maximum absolute atomic E-state index is 12.3. The van der Waals surface area contributed by atoms with Gasteiger partial charge in [0.15, 0.2) is 0 Å². The largest absolute Gasteiger partial charge is 0.439 e. The maximum atomic E-state index is 12.3. The van der Waals surface area contributed by atoms with E-state index < -0.39 is 5.97 Å². The van der Waals surface area contributed by atoms with Gasteiger partial charge >= 0.3 is 5.97 Å². The van der Waals surface area contributed by atoms with Crippen molar-refractivity contribution in [3.8, 4) is 11.6 Å². The molecule has 3 rings (SSSR count). The highest BCUT2D eigenvalue weighted by molar-refractivity contribution is 5.90. The molecule has 6 heteroatoms. The number of oxime groups is 1. The van der Waals surface area contributed by atoms with Crippen LogP contribution in [0.3, 0.4) is 0 Å². The van der Waals surface area contributed by atoms with Crippen LogP contribution >= 0.6 is 0 Å². The molecule has 0 N–H and O–H groups in total. The van der Waals surface area contributed by atoms with Crippen molar-refractivity contribution < 1.29 is 14.4 Å². The van der Waals surface area contributed by atoms with E-state index in [1.807, 2.05) is 49.4 Å². The molecular weight excluding hydrogens is 366 g/mol. The van der Waals surface area contributed by atoms with Gasteiger partial charge in [-0.2, -0.15) is 5.10 Å². The first-order valence-corrected chi connectivity index (χ1v) is 9.37. The lowest BCUT2D eigenvalue weighted by molar-refractivity contribution is 0.0519. The van der Waals surface area contributed by atoms with Gasteiger partial charge in [0.1, 0.15) is 5.75 Å². The number of hydrogen-bond donors (Lipinski definition) is 0. The predicted molar refractivity (Wildman–Crippen MR) is 113 cm³/mol. The van der Waals surface area contributed by atoms with E-state index in [1.54, 1.807) is 23.9 Å². The number of carbonyl (C=O) groups excluding carboxylic acids is 1. The lowest BCUT2D eigenvalue weighted by atomic mass is 9.87. The molecule has 0 saturated heterocycles. The van der Waals surface area contributed by atoms with Crippen LogP contribution in [0.25, 0.3) is 0 Å². The van der Waals surface area contributed by atoms with E-state index in [4.69, 9.17) is 9.57 Å². The monoisotopic (exact) mass is 391 g/mol. The number of hydrogen-bond acceptors (Lipinski definition) is 5. The zero-order valence-electron chi connectivity index (χ0n) is 17.3. The summed E-state index contributed by atoms with van der Waals surface area (Å²) in [4.78, 5) is 17.3. The van der Waals surface area contributed by atoms with Crippen molar-refractivity contribution in [2.75, 3.05) is 0 Å². The van der Waals surface area contributed by atoms with Gasteiger partial charge in [-0.1, -0.05) is 56.3 Å². The summed E-state index contributed by atoms with van der Waals surface area (Å²) >= 11 is 0. The lowest BCUT2D eigenvalue weighted by Gasteiger charge is -2.18. The first kappa shape index (κ1) is 20.3. The lowest BCUT2D eigenvalue weighted by Crippen LogP contribution is -2.11. The summed E-state index contributed by atoms with van der Waals surface area (Å²) in [5, 5.41) is 8.21. The molecule has 1 aromatic heterocycles. The Morgan fingerprint density at radius 3 is 2.34 bits per heavy atom. The second-order valence-electron chi connectivity index (χ2n) is 7.78. The molecule has 150 valence electrons. The molecule has 0 bridgehead atoms. The molecule has 0 spiro atoms. The van der Waals surface area contributed by atoms with Crippen LogP contribution in [0, 0.1) is 6.92 Å². The molecule has 1 heterocycles. The molecule has 3 aromatic rings. The Balaban J connectivity index is 1.72. The van der Waals surface area contributed by atoms with Gasteiger partial charge in [0.05, 0.1) is 23.0 Å². The third kappa shape index (κ3) is 4.90. The summed E-state index contributed by atoms with van der Waals surface area (Å²) in [5.74, 6) is 0.679. The Hall–Kier alpha value is -3.41. The number of rotatable bonds is 5. The van der Waals surface area contributed by atoms with Crippen LogP contribution in [0.4, 0.5) is 0 Å². The second kappa shape index (κ2) is 8.31. The summed E-state index contributed by atoms with van der Waals surface area (Å²) in [7, 11) is 1.78. The van der Waals surface area contributed by atoms with Crippen molar-refractivity contribution in [2.45, 2.75) is 33.1 Å². The number of nitrogens with zero attached hydrogens (tertiary/aromatic N) is 3. The Kier molecular flexibility index (Phi) is 5.82. The highest BCUT2D eigenvalue weighted by Crippen LogP contribution is 2.26. The molecule has 0 aliphatic carbocycles. The zero-order chi connectivity index (χ0) is 21.0. The van der Waals surface area contributed by atoms with Gasteiger partial charge in [0, 0.05) is 7.05 Å². The van der Waals surface area contributed by atoms with E-state index in [0.29, 0.717) is 28.5 Å². The number of aromatic nitrogens is 2. The molecule has 2 aromatic carbocycles. The van der Waals surface area contributed by atoms with E-state index in [2.05, 4.69) is 31.0 Å². The molecule has 0 atom stereocenters. The van der Waals surface area contributed by atoms with Crippen molar-refractivity contribution >= 4 is 12.2 Å². The Morgan fingerprint density at radius 1 is 1.07 bits per heavy atom. The molecule has 0 aliphatic heterocycles. The van der Waals surface area contributed by atoms with Crippen LogP contribution in [0.1, 0.15) is 48.0 Å². The second-order valence-corrected chi connectivity index (χ2v) is 7.78. The fourth-order valence-electron chi connectivity index (χ4n) is 2.81. The zero-order valence-corrected chi connectivity index (χ0v) is 17.3. The summed E-state index contributed by atoms with van der Waals surface area (Å²) in [6.45, 7) is 8.20. The molecule has 0 unspecified atom stereocenters. The van der Waals surface area contributed by atoms with Crippen LogP contribution in [0.15, 0.2) is 59.8 Å². The highest BCUT2D eigenvalue weighted by Gasteiger charge is 2.16. The first-order chi connectivity index (χ1) is 13.8. The van der Waals surface area contributed by atoms with E-state index in [1.165, 1.54) is 6.21 Å². The van der Waals surface area contributed by atoms with Gasteiger partial charge in [-0.15, -0.1) is 0 Å². The molecule has 0 fully saturated rings. The van der Waals surface area contributed by atoms with Crippen LogP contribution in [-0.2, 0) is 17.3 Å². The van der Waals surface area contributed by atoms with Gasteiger partial charge < -0.3 is 9.57 Å². The summed E-state index contributed by atoms with van der Waals surface area (Å²) in [6.07, 6.45) is 1.45. The predicted octanol–water partition coefficient (Wildman–Crippen LogP) is 5.01. The van der Waals surface area contributed by atoms with Gasteiger partial charge in [0.2, 0.25) is 5.88 Å². The quantitative estimate of drug-likeness (QED) is 0.348. The number of benzene rings is 2. The van der Waals surface area contributed by atoms with Gasteiger partial charge in [-0.25, -0.2) is 9.48 Å². The highest BCUT2D eigenvalue weighted by atomic mass is 16.7. The molecule has 29 heavy (non-hydrogen) atoms. The molecular formula is C23H25N3O3. The minimum Gasteiger partial charge on any atom is -0.439 e. The Bertz CT molecular complexity index is 1010. The van der Waals surface area contributed by atoms with E-state index in [0.717, 1.165) is 5.56 Å². The number of para-hydroxylation sites is 1. The smallest absolute Gasteiger partial charge is 0.365 e. The van der Waals surface area contributed by atoms with Gasteiger partial charge in [0.25, 0.3) is 0 Å². The standard InChI is InChI=1S/C23H25N3O3/c1-16-20(21(26(5)25-16)28-19-9-7-6-8-10-19)15-24-29-22(27)17-11-13-18(14-12-17)23(2,3)4/h6-15H,1-5H3/b24-15+. The number of carbonyl (C=O) groups is 1. The van der Waals surface area contributed by atoms with Gasteiger partial charge in [-0.3, -0.25) is 0 Å². The van der Waals surface area contributed by atoms with Crippen LogP contribution in [0.5, 0.6) is 11.6 Å². The molecule has 0 saturated carbocycles. The summed E-state index contributed by atoms with van der Waals surface area (Å²) in [6, 6.07) is 16.7. The third-order valence-corrected chi connectivity index (χ3v) is 4.48. The van der Waals surface area contributed by atoms with Crippen molar-refractivity contribution in [3.05, 3.63) is 77.0 Å². The average Bonchev–Trinajstić information content (AvgIpc) is 2.95. The van der Waals surface area contributed by atoms with E-state index in [9.17, 15) is 4.79 Å².